The Morgan fingerprint density at radius 2 is 1.66 bits per heavy atom. The van der Waals surface area contributed by atoms with Crippen LogP contribution in [0.3, 0.4) is 0 Å². The molecule has 1 saturated heterocycles. The largest absolute Gasteiger partial charge is 0.497 e. The fourth-order valence-corrected chi connectivity index (χ4v) is 3.40. The maximum atomic E-state index is 12.6. The highest BCUT2D eigenvalue weighted by Gasteiger charge is 2.13. The third-order valence-corrected chi connectivity index (χ3v) is 4.98. The number of hydrogen-bond acceptors (Lipinski definition) is 5. The monoisotopic (exact) mass is 388 g/mol. The highest BCUT2D eigenvalue weighted by Crippen LogP contribution is 2.23. The molecule has 0 atom stereocenters. The van der Waals surface area contributed by atoms with Crippen molar-refractivity contribution in [1.82, 2.24) is 4.98 Å². The third-order valence-electron chi connectivity index (χ3n) is 4.98. The molecule has 0 spiro atoms. The third kappa shape index (κ3) is 4.66. The predicted octanol–water partition coefficient (Wildman–Crippen LogP) is 4.69. The minimum Gasteiger partial charge on any atom is -0.497 e. The normalized spacial score (nSPS) is 13.2. The number of nitrogens with zero attached hydrogens (tertiary/aromatic N) is 2. The number of nitrogens with one attached hydrogen (secondary N) is 2. The average molecular weight is 388 g/mol. The maximum Gasteiger partial charge on any atom is 0.255 e. The summed E-state index contributed by atoms with van der Waals surface area (Å²) in [6, 6.07) is 19.0. The highest BCUT2D eigenvalue weighted by molar-refractivity contribution is 6.04. The number of carbonyl (C=O) groups is 1. The van der Waals surface area contributed by atoms with Crippen molar-refractivity contribution in [3.63, 3.8) is 0 Å². The van der Waals surface area contributed by atoms with Gasteiger partial charge in [0.15, 0.2) is 0 Å². The van der Waals surface area contributed by atoms with Crippen LogP contribution in [0.15, 0.2) is 66.9 Å². The van der Waals surface area contributed by atoms with Crippen molar-refractivity contribution < 1.29 is 9.53 Å². The minimum atomic E-state index is -0.167. The molecule has 0 saturated carbocycles. The van der Waals surface area contributed by atoms with Crippen LogP contribution in [0, 0.1) is 0 Å². The Bertz CT molecular complexity index is 965. The molecule has 2 aromatic carbocycles. The predicted molar refractivity (Wildman–Crippen MR) is 116 cm³/mol. The van der Waals surface area contributed by atoms with Gasteiger partial charge >= 0.3 is 0 Å². The van der Waals surface area contributed by atoms with Crippen LogP contribution in [0.5, 0.6) is 5.75 Å². The van der Waals surface area contributed by atoms with Crippen molar-refractivity contribution >= 4 is 28.8 Å². The second-order valence-electron chi connectivity index (χ2n) is 6.98. The number of ether oxygens (including phenoxy) is 1. The molecular weight excluding hydrogens is 364 g/mol. The fourth-order valence-electron chi connectivity index (χ4n) is 3.40. The van der Waals surface area contributed by atoms with Gasteiger partial charge in [0.25, 0.3) is 5.91 Å². The maximum absolute atomic E-state index is 12.6. The molecule has 6 nitrogen and oxygen atoms in total. The van der Waals surface area contributed by atoms with Gasteiger partial charge in [-0.05, 0) is 73.5 Å². The van der Waals surface area contributed by atoms with E-state index in [4.69, 9.17) is 4.74 Å². The molecule has 4 rings (SSSR count). The van der Waals surface area contributed by atoms with E-state index in [1.165, 1.54) is 18.5 Å². The van der Waals surface area contributed by atoms with E-state index in [2.05, 4.69) is 32.7 Å². The molecule has 2 N–H and O–H groups in total. The number of rotatable bonds is 6. The van der Waals surface area contributed by atoms with Crippen LogP contribution in [0.1, 0.15) is 23.2 Å². The first-order chi connectivity index (χ1) is 14.2. The quantitative estimate of drug-likeness (QED) is 0.641. The molecule has 3 aromatic rings. The SMILES string of the molecule is COc1ccc(Nc2cc(C(=O)Nc3ccc(N4CCCC4)cc3)ccn2)cc1. The number of anilines is 4. The molecule has 1 aliphatic rings. The molecule has 2 heterocycles. The van der Waals surface area contributed by atoms with Gasteiger partial charge in [0, 0.05) is 41.9 Å². The summed E-state index contributed by atoms with van der Waals surface area (Å²) in [6.45, 7) is 2.21. The molecule has 0 unspecified atom stereocenters. The van der Waals surface area contributed by atoms with Gasteiger partial charge in [-0.1, -0.05) is 0 Å². The van der Waals surface area contributed by atoms with Crippen molar-refractivity contribution in [2.24, 2.45) is 0 Å². The van der Waals surface area contributed by atoms with Crippen molar-refractivity contribution in [3.05, 3.63) is 72.4 Å². The summed E-state index contributed by atoms with van der Waals surface area (Å²) >= 11 is 0. The number of hydrogen-bond donors (Lipinski definition) is 2. The van der Waals surface area contributed by atoms with Crippen LogP contribution in [-0.2, 0) is 0 Å². The lowest BCUT2D eigenvalue weighted by molar-refractivity contribution is 0.102. The zero-order chi connectivity index (χ0) is 20.1. The number of aromatic nitrogens is 1. The van der Waals surface area contributed by atoms with Crippen LogP contribution < -0.4 is 20.3 Å². The first-order valence-corrected chi connectivity index (χ1v) is 9.75. The Labute approximate surface area is 170 Å². The summed E-state index contributed by atoms with van der Waals surface area (Å²) in [5.41, 5.74) is 3.39. The summed E-state index contributed by atoms with van der Waals surface area (Å²) < 4.78 is 5.16. The molecular formula is C23H24N4O2. The molecule has 29 heavy (non-hydrogen) atoms. The van der Waals surface area contributed by atoms with E-state index < -0.39 is 0 Å². The molecule has 1 amide bonds. The lowest BCUT2D eigenvalue weighted by Gasteiger charge is -2.17. The first-order valence-electron chi connectivity index (χ1n) is 9.75. The summed E-state index contributed by atoms with van der Waals surface area (Å²) in [5.74, 6) is 1.22. The molecule has 1 fully saturated rings. The van der Waals surface area contributed by atoms with Gasteiger partial charge in [0.05, 0.1) is 7.11 Å². The van der Waals surface area contributed by atoms with E-state index in [-0.39, 0.29) is 5.91 Å². The molecule has 0 aliphatic carbocycles. The Morgan fingerprint density at radius 1 is 0.966 bits per heavy atom. The summed E-state index contributed by atoms with van der Waals surface area (Å²) in [7, 11) is 1.63. The molecule has 0 bridgehead atoms. The van der Waals surface area contributed by atoms with Crippen molar-refractivity contribution in [3.8, 4) is 5.75 Å². The molecule has 1 aliphatic heterocycles. The molecule has 6 heteroatoms. The van der Waals surface area contributed by atoms with Gasteiger partial charge in [0.2, 0.25) is 0 Å². The molecule has 0 radical (unpaired) electrons. The number of amides is 1. The van der Waals surface area contributed by atoms with Crippen molar-refractivity contribution in [1.29, 1.82) is 0 Å². The van der Waals surface area contributed by atoms with E-state index in [1.807, 2.05) is 36.4 Å². The lowest BCUT2D eigenvalue weighted by Crippen LogP contribution is -2.17. The van der Waals surface area contributed by atoms with Crippen LogP contribution >= 0.6 is 0 Å². The Hall–Kier alpha value is -3.54. The second-order valence-corrected chi connectivity index (χ2v) is 6.98. The van der Waals surface area contributed by atoms with Gasteiger partial charge in [-0.3, -0.25) is 4.79 Å². The number of benzene rings is 2. The van der Waals surface area contributed by atoms with Crippen LogP contribution in [0.2, 0.25) is 0 Å². The lowest BCUT2D eigenvalue weighted by atomic mass is 10.2. The minimum absolute atomic E-state index is 0.167. The zero-order valence-electron chi connectivity index (χ0n) is 16.4. The number of methoxy groups -OCH3 is 1. The van der Waals surface area contributed by atoms with E-state index in [0.717, 1.165) is 30.2 Å². The number of pyridine rings is 1. The van der Waals surface area contributed by atoms with E-state index in [1.54, 1.807) is 25.4 Å². The van der Waals surface area contributed by atoms with Gasteiger partial charge in [0.1, 0.15) is 11.6 Å². The Morgan fingerprint density at radius 3 is 2.34 bits per heavy atom. The van der Waals surface area contributed by atoms with Gasteiger partial charge in [-0.15, -0.1) is 0 Å². The Kier molecular flexibility index (Phi) is 5.61. The summed E-state index contributed by atoms with van der Waals surface area (Å²) in [4.78, 5) is 19.3. The standard InChI is InChI=1S/C23H24N4O2/c1-29-21-10-6-18(7-11-21)25-22-16-17(12-13-24-22)23(28)26-19-4-8-20(9-5-19)27-14-2-3-15-27/h4-13,16H,2-3,14-15H2,1H3,(H,24,25)(H,26,28). The summed E-state index contributed by atoms with van der Waals surface area (Å²) in [6.07, 6.45) is 4.11. The fraction of sp³-hybridized carbons (Fsp3) is 0.217. The average Bonchev–Trinajstić information content (AvgIpc) is 3.30. The van der Waals surface area contributed by atoms with E-state index in [0.29, 0.717) is 11.4 Å². The second kappa shape index (κ2) is 8.65. The van der Waals surface area contributed by atoms with Crippen molar-refractivity contribution in [2.45, 2.75) is 12.8 Å². The zero-order valence-corrected chi connectivity index (χ0v) is 16.4. The molecule has 1 aromatic heterocycles. The highest BCUT2D eigenvalue weighted by atomic mass is 16.5. The topological polar surface area (TPSA) is 66.5 Å². The van der Waals surface area contributed by atoms with Gasteiger partial charge in [-0.2, -0.15) is 0 Å². The Balaban J connectivity index is 1.41. The van der Waals surface area contributed by atoms with Gasteiger partial charge < -0.3 is 20.3 Å². The van der Waals surface area contributed by atoms with Crippen molar-refractivity contribution in [2.75, 3.05) is 35.7 Å². The van der Waals surface area contributed by atoms with Crippen LogP contribution in [-0.4, -0.2) is 31.1 Å². The van der Waals surface area contributed by atoms with E-state index in [9.17, 15) is 4.79 Å². The first kappa shape index (κ1) is 18.8. The summed E-state index contributed by atoms with van der Waals surface area (Å²) in [5, 5.41) is 6.15. The van der Waals surface area contributed by atoms with E-state index >= 15 is 0 Å². The number of carbonyl (C=O) groups excluding carboxylic acids is 1. The molecule has 148 valence electrons. The smallest absolute Gasteiger partial charge is 0.255 e. The van der Waals surface area contributed by atoms with Gasteiger partial charge in [-0.25, -0.2) is 4.98 Å². The van der Waals surface area contributed by atoms with Crippen LogP contribution in [0.4, 0.5) is 22.9 Å². The van der Waals surface area contributed by atoms with Crippen LogP contribution in [0.25, 0.3) is 0 Å².